The van der Waals surface area contributed by atoms with Crippen LogP contribution in [0.5, 0.6) is 0 Å². The summed E-state index contributed by atoms with van der Waals surface area (Å²) in [4.78, 5) is 29.0. The zero-order valence-electron chi connectivity index (χ0n) is 18.4. The van der Waals surface area contributed by atoms with Crippen LogP contribution in [0, 0.1) is 16.7 Å². The van der Waals surface area contributed by atoms with E-state index in [1.807, 2.05) is 18.2 Å². The first-order valence-electron chi connectivity index (χ1n) is 11.0. The van der Waals surface area contributed by atoms with Gasteiger partial charge in [0.15, 0.2) is 5.41 Å². The molecule has 0 radical (unpaired) electrons. The molecule has 0 amide bonds. The Bertz CT molecular complexity index is 716. The van der Waals surface area contributed by atoms with E-state index in [4.69, 9.17) is 9.47 Å². The van der Waals surface area contributed by atoms with Gasteiger partial charge in [-0.3, -0.25) is 14.5 Å². The lowest BCUT2D eigenvalue weighted by molar-refractivity contribution is -0.216. The summed E-state index contributed by atoms with van der Waals surface area (Å²) in [5.74, 6) is -0.380. The van der Waals surface area contributed by atoms with E-state index in [0.717, 1.165) is 12.8 Å². The zero-order chi connectivity index (χ0) is 21.2. The van der Waals surface area contributed by atoms with Gasteiger partial charge < -0.3 is 9.47 Å². The summed E-state index contributed by atoms with van der Waals surface area (Å²) in [6.45, 7) is 11.5. The first kappa shape index (κ1) is 21.8. The molecule has 3 fully saturated rings. The fraction of sp³-hybridized carbons (Fsp3) is 0.667. The maximum Gasteiger partial charge on any atom is 0.325 e. The molecule has 2 saturated heterocycles. The van der Waals surface area contributed by atoms with E-state index in [0.29, 0.717) is 18.9 Å². The van der Waals surface area contributed by atoms with Gasteiger partial charge in [0, 0.05) is 18.6 Å². The first-order valence-corrected chi connectivity index (χ1v) is 11.0. The Morgan fingerprint density at radius 2 is 1.66 bits per heavy atom. The quantitative estimate of drug-likeness (QED) is 0.506. The summed E-state index contributed by atoms with van der Waals surface area (Å²) in [7, 11) is 0. The van der Waals surface area contributed by atoms with Crippen LogP contribution >= 0.6 is 0 Å². The maximum absolute atomic E-state index is 13.3. The topological polar surface area (TPSA) is 55.8 Å². The van der Waals surface area contributed by atoms with E-state index in [2.05, 4.69) is 37.8 Å². The number of piperidine rings is 2. The van der Waals surface area contributed by atoms with Gasteiger partial charge in [-0.15, -0.1) is 0 Å². The summed E-state index contributed by atoms with van der Waals surface area (Å²) in [6, 6.07) is 10.3. The molecule has 1 aromatic carbocycles. The largest absolute Gasteiger partial charge is 0.465 e. The molecule has 2 aliphatic heterocycles. The molecule has 4 unspecified atom stereocenters. The van der Waals surface area contributed by atoms with Crippen molar-refractivity contribution < 1.29 is 19.1 Å². The van der Waals surface area contributed by atoms with E-state index in [1.54, 1.807) is 13.8 Å². The molecule has 1 aliphatic carbocycles. The van der Waals surface area contributed by atoms with Gasteiger partial charge in [0.05, 0.1) is 13.2 Å². The third kappa shape index (κ3) is 3.48. The number of ether oxygens (including phenoxy) is 2. The normalized spacial score (nSPS) is 30.7. The van der Waals surface area contributed by atoms with Crippen molar-refractivity contribution in [3.8, 4) is 0 Å². The Morgan fingerprint density at radius 3 is 2.17 bits per heavy atom. The summed E-state index contributed by atoms with van der Waals surface area (Å²) in [6.07, 6.45) is 2.34. The molecule has 5 heteroatoms. The molecule has 1 saturated carbocycles. The average Bonchev–Trinajstić information content (AvgIpc) is 2.71. The Hall–Kier alpha value is -1.88. The van der Waals surface area contributed by atoms with Crippen LogP contribution in [0.1, 0.15) is 59.4 Å². The van der Waals surface area contributed by atoms with E-state index in [1.165, 1.54) is 5.56 Å². The van der Waals surface area contributed by atoms with Crippen LogP contribution in [0.25, 0.3) is 0 Å². The van der Waals surface area contributed by atoms with E-state index in [9.17, 15) is 9.59 Å². The molecule has 4 rings (SSSR count). The van der Waals surface area contributed by atoms with Gasteiger partial charge in [0.25, 0.3) is 0 Å². The van der Waals surface area contributed by atoms with Gasteiger partial charge in [-0.05, 0) is 50.5 Å². The minimum Gasteiger partial charge on any atom is -0.465 e. The lowest BCUT2D eigenvalue weighted by Crippen LogP contribution is -2.73. The maximum atomic E-state index is 13.3. The van der Waals surface area contributed by atoms with Gasteiger partial charge >= 0.3 is 11.9 Å². The average molecular weight is 402 g/mol. The summed E-state index contributed by atoms with van der Waals surface area (Å²) in [5.41, 5.74) is -0.240. The number of carbonyl (C=O) groups is 2. The van der Waals surface area contributed by atoms with Gasteiger partial charge in [-0.2, -0.15) is 0 Å². The van der Waals surface area contributed by atoms with E-state index in [-0.39, 0.29) is 30.7 Å². The second-order valence-electron chi connectivity index (χ2n) is 8.79. The van der Waals surface area contributed by atoms with E-state index < -0.39 is 17.4 Å². The van der Waals surface area contributed by atoms with Gasteiger partial charge in [0.1, 0.15) is 0 Å². The highest BCUT2D eigenvalue weighted by molar-refractivity contribution is 6.01. The van der Waals surface area contributed by atoms with Gasteiger partial charge in [-0.25, -0.2) is 0 Å². The Morgan fingerprint density at radius 1 is 1.07 bits per heavy atom. The van der Waals surface area contributed by atoms with Crippen molar-refractivity contribution in [2.24, 2.45) is 16.7 Å². The smallest absolute Gasteiger partial charge is 0.325 e. The Balaban J connectivity index is 2.09. The molecule has 1 aromatic rings. The van der Waals surface area contributed by atoms with Crippen LogP contribution in [-0.2, 0) is 25.6 Å². The number of benzene rings is 1. The molecule has 3 aliphatic rings. The predicted octanol–water partition coefficient (Wildman–Crippen LogP) is 4.20. The molecule has 2 bridgehead atoms. The molecular formula is C24H35NO4. The predicted molar refractivity (Wildman–Crippen MR) is 112 cm³/mol. The van der Waals surface area contributed by atoms with Crippen molar-refractivity contribution in [2.75, 3.05) is 13.2 Å². The van der Waals surface area contributed by atoms with Crippen LogP contribution in [0.2, 0.25) is 0 Å². The monoisotopic (exact) mass is 401 g/mol. The Labute approximate surface area is 174 Å². The van der Waals surface area contributed by atoms with Crippen LogP contribution in [-0.4, -0.2) is 42.1 Å². The minimum atomic E-state index is -1.26. The van der Waals surface area contributed by atoms with Crippen molar-refractivity contribution in [2.45, 2.75) is 72.5 Å². The minimum absolute atomic E-state index is 0.169. The van der Waals surface area contributed by atoms with Crippen molar-refractivity contribution in [1.82, 2.24) is 4.90 Å². The number of fused-ring (bicyclic) bond motifs is 3. The lowest BCUT2D eigenvalue weighted by Gasteiger charge is -2.65. The van der Waals surface area contributed by atoms with Gasteiger partial charge in [0.2, 0.25) is 0 Å². The SMILES string of the molecule is CCOC(=O)C1(C(=O)OCC)CC2(C)C(CC)CC1N(Cc1ccccc1)C2C. The number of hydrogen-bond acceptors (Lipinski definition) is 5. The number of hydrogen-bond donors (Lipinski definition) is 0. The first-order chi connectivity index (χ1) is 13.8. The standard InChI is InChI=1S/C24H35NO4/c1-6-19-14-20-24(21(26)28-7-2,22(27)29-8-3)16-23(19,5)17(4)25(20)15-18-12-10-9-11-13-18/h9-13,17,19-20H,6-8,14-16H2,1-5H3. The fourth-order valence-corrected chi connectivity index (χ4v) is 5.85. The van der Waals surface area contributed by atoms with Crippen LogP contribution in [0.3, 0.4) is 0 Å². The van der Waals surface area contributed by atoms with Crippen molar-refractivity contribution in [3.63, 3.8) is 0 Å². The van der Waals surface area contributed by atoms with Crippen molar-refractivity contribution >= 4 is 11.9 Å². The molecule has 0 aromatic heterocycles. The van der Waals surface area contributed by atoms with Crippen LogP contribution < -0.4 is 0 Å². The van der Waals surface area contributed by atoms with Crippen LogP contribution in [0.15, 0.2) is 30.3 Å². The third-order valence-corrected chi connectivity index (χ3v) is 7.50. The highest BCUT2D eigenvalue weighted by Crippen LogP contribution is 2.61. The molecule has 5 nitrogen and oxygen atoms in total. The molecule has 29 heavy (non-hydrogen) atoms. The fourth-order valence-electron chi connectivity index (χ4n) is 5.85. The number of rotatable bonds is 7. The molecular weight excluding hydrogens is 366 g/mol. The summed E-state index contributed by atoms with van der Waals surface area (Å²) >= 11 is 0. The van der Waals surface area contributed by atoms with E-state index >= 15 is 0 Å². The number of nitrogens with zero attached hydrogens (tertiary/aromatic N) is 1. The zero-order valence-corrected chi connectivity index (χ0v) is 18.4. The van der Waals surface area contributed by atoms with Crippen molar-refractivity contribution in [1.29, 1.82) is 0 Å². The molecule has 0 spiro atoms. The highest BCUT2D eigenvalue weighted by Gasteiger charge is 2.69. The summed E-state index contributed by atoms with van der Waals surface area (Å²) in [5, 5.41) is 0. The molecule has 0 N–H and O–H groups in total. The number of carbonyl (C=O) groups excluding carboxylic acids is 2. The van der Waals surface area contributed by atoms with Crippen LogP contribution in [0.4, 0.5) is 0 Å². The molecule has 2 heterocycles. The third-order valence-electron chi connectivity index (χ3n) is 7.50. The Kier molecular flexibility index (Phi) is 6.37. The van der Waals surface area contributed by atoms with Gasteiger partial charge in [-0.1, -0.05) is 50.6 Å². The second-order valence-corrected chi connectivity index (χ2v) is 8.79. The summed E-state index contributed by atoms with van der Waals surface area (Å²) < 4.78 is 11.0. The molecule has 160 valence electrons. The van der Waals surface area contributed by atoms with Crippen molar-refractivity contribution in [3.05, 3.63) is 35.9 Å². The number of esters is 2. The second kappa shape index (κ2) is 8.47. The lowest BCUT2D eigenvalue weighted by atomic mass is 9.48. The highest BCUT2D eigenvalue weighted by atomic mass is 16.6. The molecule has 4 atom stereocenters.